The molecular weight excluding hydrogens is 574 g/mol. The summed E-state index contributed by atoms with van der Waals surface area (Å²) in [5.41, 5.74) is 2.79. The number of rotatable bonds is 8. The normalized spacial score (nSPS) is 17.1. The third-order valence-electron chi connectivity index (χ3n) is 7.71. The van der Waals surface area contributed by atoms with Gasteiger partial charge in [-0.05, 0) is 73.7 Å². The number of aryl methyl sites for hydroxylation is 1. The highest BCUT2D eigenvalue weighted by Gasteiger charge is 2.31. The van der Waals surface area contributed by atoms with Crippen molar-refractivity contribution in [3.8, 4) is 0 Å². The highest BCUT2D eigenvalue weighted by atomic mass is 32.2. The molecule has 1 heterocycles. The van der Waals surface area contributed by atoms with Crippen molar-refractivity contribution >= 4 is 39.0 Å². The largest absolute Gasteiger partial charge is 0.321 e. The number of carbonyl (C=O) groups is 3. The van der Waals surface area contributed by atoms with Crippen LogP contribution >= 0.6 is 0 Å². The second kappa shape index (κ2) is 13.0. The van der Waals surface area contributed by atoms with Gasteiger partial charge in [-0.3, -0.25) is 14.4 Å². The van der Waals surface area contributed by atoms with Crippen LogP contribution in [0.5, 0.6) is 0 Å². The molecule has 2 atom stereocenters. The monoisotopic (exact) mass is 609 g/mol. The fraction of sp³-hybridized carbons (Fsp3) is 0.229. The lowest BCUT2D eigenvalue weighted by Crippen LogP contribution is -2.42. The Hall–Kier alpha value is -4.60. The zero-order chi connectivity index (χ0) is 31.4. The summed E-state index contributed by atoms with van der Waals surface area (Å²) in [5.74, 6) is -0.667. The predicted octanol–water partition coefficient (Wildman–Crippen LogP) is 6.40. The Labute approximate surface area is 258 Å². The minimum Gasteiger partial charge on any atom is -0.321 e. The number of hydrogen-bond donors (Lipinski definition) is 2. The molecule has 1 aliphatic rings. The molecule has 0 aromatic heterocycles. The summed E-state index contributed by atoms with van der Waals surface area (Å²) in [4.78, 5) is 40.0. The molecule has 4 aromatic rings. The first kappa shape index (κ1) is 30.8. The highest BCUT2D eigenvalue weighted by Crippen LogP contribution is 2.28. The van der Waals surface area contributed by atoms with E-state index in [9.17, 15) is 22.8 Å². The lowest BCUT2D eigenvalue weighted by Gasteiger charge is -2.34. The second-order valence-corrected chi connectivity index (χ2v) is 13.4. The lowest BCUT2D eigenvalue weighted by atomic mass is 9.94. The van der Waals surface area contributed by atoms with Gasteiger partial charge in [0.15, 0.2) is 5.78 Å². The first-order valence-corrected chi connectivity index (χ1v) is 16.0. The fourth-order valence-electron chi connectivity index (χ4n) is 5.60. The molecule has 1 aliphatic heterocycles. The SMILES string of the molecule is Cc1ccc(NC(=O)c2ccccc2NC(=O)c2ccc(S(=O)(=O)N3C[C@H](C)C[C@H](C)C3)cc2)c(C(=O)c2ccccc2)c1. The molecule has 0 bridgehead atoms. The van der Waals surface area contributed by atoms with Crippen LogP contribution < -0.4 is 10.6 Å². The van der Waals surface area contributed by atoms with E-state index in [0.717, 1.165) is 12.0 Å². The van der Waals surface area contributed by atoms with Crippen molar-refractivity contribution in [2.75, 3.05) is 23.7 Å². The number of hydrogen-bond acceptors (Lipinski definition) is 5. The Bertz CT molecular complexity index is 1790. The number of carbonyl (C=O) groups excluding carboxylic acids is 3. The standard InChI is InChI=1S/C35H35N3O5S/c1-23-13-18-32(30(20-23)33(39)26-9-5-4-6-10-26)37-35(41)29-11-7-8-12-31(29)36-34(40)27-14-16-28(17-15-27)44(42,43)38-21-24(2)19-25(3)22-38/h4-18,20,24-25H,19,21-22H2,1-3H3,(H,36,40)(H,37,41)/t24-,25+. The molecule has 1 fully saturated rings. The average molecular weight is 610 g/mol. The molecule has 2 amide bonds. The smallest absolute Gasteiger partial charge is 0.257 e. The van der Waals surface area contributed by atoms with E-state index in [1.165, 1.54) is 28.6 Å². The third-order valence-corrected chi connectivity index (χ3v) is 9.56. The van der Waals surface area contributed by atoms with Gasteiger partial charge in [-0.15, -0.1) is 0 Å². The summed E-state index contributed by atoms with van der Waals surface area (Å²) in [6, 6.07) is 26.4. The summed E-state index contributed by atoms with van der Waals surface area (Å²) in [6.07, 6.45) is 0.989. The second-order valence-electron chi connectivity index (χ2n) is 11.5. The Morgan fingerprint density at radius 2 is 1.27 bits per heavy atom. The molecular formula is C35H35N3O5S. The van der Waals surface area contributed by atoms with E-state index in [1.54, 1.807) is 66.7 Å². The van der Waals surface area contributed by atoms with Gasteiger partial charge >= 0.3 is 0 Å². The van der Waals surface area contributed by atoms with E-state index in [1.807, 2.05) is 26.8 Å². The van der Waals surface area contributed by atoms with Crippen molar-refractivity contribution in [3.05, 3.63) is 125 Å². The number of ketones is 1. The van der Waals surface area contributed by atoms with Crippen LogP contribution in [0.3, 0.4) is 0 Å². The average Bonchev–Trinajstić information content (AvgIpc) is 3.01. The van der Waals surface area contributed by atoms with Crippen molar-refractivity contribution in [2.24, 2.45) is 11.8 Å². The molecule has 5 rings (SSSR count). The predicted molar refractivity (Wildman–Crippen MR) is 172 cm³/mol. The van der Waals surface area contributed by atoms with E-state index in [2.05, 4.69) is 10.6 Å². The first-order valence-electron chi connectivity index (χ1n) is 14.5. The number of para-hydroxylation sites is 1. The van der Waals surface area contributed by atoms with Gasteiger partial charge in [-0.25, -0.2) is 8.42 Å². The maximum Gasteiger partial charge on any atom is 0.257 e. The Morgan fingerprint density at radius 3 is 1.95 bits per heavy atom. The van der Waals surface area contributed by atoms with E-state index >= 15 is 0 Å². The molecule has 0 saturated carbocycles. The topological polar surface area (TPSA) is 113 Å². The summed E-state index contributed by atoms with van der Waals surface area (Å²) < 4.78 is 28.0. The van der Waals surface area contributed by atoms with Crippen LogP contribution in [0.1, 0.15) is 62.5 Å². The number of anilines is 2. The molecule has 9 heteroatoms. The fourth-order valence-corrected chi connectivity index (χ4v) is 7.28. The van der Waals surface area contributed by atoms with Crippen LogP contribution in [0.25, 0.3) is 0 Å². The van der Waals surface area contributed by atoms with Crippen LogP contribution in [0.15, 0.2) is 102 Å². The maximum absolute atomic E-state index is 13.5. The molecule has 0 spiro atoms. The summed E-state index contributed by atoms with van der Waals surface area (Å²) in [5, 5.41) is 5.61. The molecule has 1 saturated heterocycles. The number of sulfonamides is 1. The van der Waals surface area contributed by atoms with Crippen molar-refractivity contribution in [1.82, 2.24) is 4.31 Å². The quantitative estimate of drug-likeness (QED) is 0.225. The zero-order valence-electron chi connectivity index (χ0n) is 24.9. The molecule has 0 radical (unpaired) electrons. The number of benzene rings is 4. The van der Waals surface area contributed by atoms with Crippen LogP contribution in [-0.4, -0.2) is 43.4 Å². The van der Waals surface area contributed by atoms with E-state index in [0.29, 0.717) is 29.9 Å². The van der Waals surface area contributed by atoms with Crippen LogP contribution in [-0.2, 0) is 10.0 Å². The lowest BCUT2D eigenvalue weighted by molar-refractivity contribution is 0.102. The first-order chi connectivity index (χ1) is 21.0. The summed E-state index contributed by atoms with van der Waals surface area (Å²) >= 11 is 0. The highest BCUT2D eigenvalue weighted by molar-refractivity contribution is 7.89. The van der Waals surface area contributed by atoms with Gasteiger partial charge in [-0.1, -0.05) is 67.9 Å². The van der Waals surface area contributed by atoms with Gasteiger partial charge in [0.25, 0.3) is 11.8 Å². The summed E-state index contributed by atoms with van der Waals surface area (Å²) in [6.45, 7) is 6.91. The minimum atomic E-state index is -3.68. The van der Waals surface area contributed by atoms with Crippen molar-refractivity contribution < 1.29 is 22.8 Å². The van der Waals surface area contributed by atoms with Gasteiger partial charge in [0.05, 0.1) is 21.8 Å². The van der Waals surface area contributed by atoms with Gasteiger partial charge in [-0.2, -0.15) is 4.31 Å². The third kappa shape index (κ3) is 6.79. The van der Waals surface area contributed by atoms with Crippen LogP contribution in [0.4, 0.5) is 11.4 Å². The van der Waals surface area contributed by atoms with Crippen LogP contribution in [0, 0.1) is 18.8 Å². The molecule has 8 nitrogen and oxygen atoms in total. The minimum absolute atomic E-state index is 0.133. The van der Waals surface area contributed by atoms with Gasteiger partial charge in [0, 0.05) is 29.8 Å². The summed E-state index contributed by atoms with van der Waals surface area (Å²) in [7, 11) is -3.68. The molecule has 44 heavy (non-hydrogen) atoms. The van der Waals surface area contributed by atoms with Crippen molar-refractivity contribution in [1.29, 1.82) is 0 Å². The zero-order valence-corrected chi connectivity index (χ0v) is 25.7. The van der Waals surface area contributed by atoms with Crippen molar-refractivity contribution in [3.63, 3.8) is 0 Å². The molecule has 226 valence electrons. The number of amides is 2. The Kier molecular flexibility index (Phi) is 9.08. The van der Waals surface area contributed by atoms with Crippen molar-refractivity contribution in [2.45, 2.75) is 32.1 Å². The van der Waals surface area contributed by atoms with E-state index in [-0.39, 0.29) is 39.3 Å². The van der Waals surface area contributed by atoms with Gasteiger partial charge < -0.3 is 10.6 Å². The van der Waals surface area contributed by atoms with Crippen LogP contribution in [0.2, 0.25) is 0 Å². The molecule has 0 aliphatic carbocycles. The van der Waals surface area contributed by atoms with Gasteiger partial charge in [0.2, 0.25) is 10.0 Å². The van der Waals surface area contributed by atoms with Gasteiger partial charge in [0.1, 0.15) is 0 Å². The Balaban J connectivity index is 1.33. The van der Waals surface area contributed by atoms with E-state index in [4.69, 9.17) is 0 Å². The Morgan fingerprint density at radius 1 is 0.682 bits per heavy atom. The molecule has 4 aromatic carbocycles. The molecule has 0 unspecified atom stereocenters. The maximum atomic E-state index is 13.5. The molecule has 2 N–H and O–H groups in total. The number of nitrogens with one attached hydrogen (secondary N) is 2. The number of piperidine rings is 1. The number of nitrogens with zero attached hydrogens (tertiary/aromatic N) is 1. The van der Waals surface area contributed by atoms with E-state index < -0.39 is 21.8 Å².